The van der Waals surface area contributed by atoms with Crippen LogP contribution in [0.15, 0.2) is 42.5 Å². The van der Waals surface area contributed by atoms with Crippen LogP contribution < -0.4 is 5.32 Å². The van der Waals surface area contributed by atoms with Crippen molar-refractivity contribution < 1.29 is 4.79 Å². The average molecular weight is 361 g/mol. The predicted molar refractivity (Wildman–Crippen MR) is 96.7 cm³/mol. The molecule has 2 aliphatic rings. The van der Waals surface area contributed by atoms with Gasteiger partial charge < -0.3 is 5.32 Å². The van der Waals surface area contributed by atoms with E-state index < -0.39 is 0 Å². The van der Waals surface area contributed by atoms with Crippen molar-refractivity contribution >= 4 is 29.1 Å². The molecule has 2 aliphatic heterocycles. The van der Waals surface area contributed by atoms with Gasteiger partial charge in [-0.1, -0.05) is 53.5 Å². The van der Waals surface area contributed by atoms with Gasteiger partial charge >= 0.3 is 0 Å². The Balaban J connectivity index is 1.63. The van der Waals surface area contributed by atoms with Crippen LogP contribution in [0, 0.1) is 5.92 Å². The van der Waals surface area contributed by atoms with Crippen LogP contribution in [0.3, 0.4) is 0 Å². The summed E-state index contributed by atoms with van der Waals surface area (Å²) in [5, 5.41) is 3.99. The first-order chi connectivity index (χ1) is 11.6. The standard InChI is InChI=1S/C19H18Cl2N2O/c20-17-6-14-15(7-18(17)21)19(24)22-8-13-10-23(11-16(13)14)9-12-4-2-1-3-5-12/h1-7,13,16H,8-11H2,(H,22,24)/t13-,16?/m0/s1. The van der Waals surface area contributed by atoms with Gasteiger partial charge in [-0.2, -0.15) is 0 Å². The van der Waals surface area contributed by atoms with Crippen LogP contribution in [0.1, 0.15) is 27.4 Å². The number of fused-ring (bicyclic) bond motifs is 3. The number of rotatable bonds is 2. The van der Waals surface area contributed by atoms with E-state index in [1.54, 1.807) is 6.07 Å². The molecule has 1 unspecified atom stereocenters. The van der Waals surface area contributed by atoms with Crippen molar-refractivity contribution in [2.24, 2.45) is 5.92 Å². The number of hydrogen-bond acceptors (Lipinski definition) is 2. The number of amides is 1. The van der Waals surface area contributed by atoms with Crippen LogP contribution in [-0.4, -0.2) is 30.4 Å². The first-order valence-electron chi connectivity index (χ1n) is 8.15. The number of carbonyl (C=O) groups is 1. The first-order valence-corrected chi connectivity index (χ1v) is 8.91. The molecule has 0 bridgehead atoms. The van der Waals surface area contributed by atoms with Crippen LogP contribution in [0.2, 0.25) is 10.0 Å². The fourth-order valence-electron chi connectivity index (χ4n) is 3.88. The van der Waals surface area contributed by atoms with Crippen molar-refractivity contribution in [3.05, 3.63) is 69.2 Å². The molecule has 1 N–H and O–H groups in total. The van der Waals surface area contributed by atoms with E-state index in [1.165, 1.54) is 5.56 Å². The second kappa shape index (κ2) is 6.40. The van der Waals surface area contributed by atoms with Gasteiger partial charge in [-0.05, 0) is 29.2 Å². The Kier molecular flexibility index (Phi) is 4.25. The summed E-state index contributed by atoms with van der Waals surface area (Å²) in [6.07, 6.45) is 0. The lowest BCUT2D eigenvalue weighted by Crippen LogP contribution is -2.29. The molecule has 24 heavy (non-hydrogen) atoms. The third-order valence-corrected chi connectivity index (χ3v) is 5.75. The molecule has 0 spiro atoms. The summed E-state index contributed by atoms with van der Waals surface area (Å²) in [7, 11) is 0. The Labute approximate surface area is 151 Å². The summed E-state index contributed by atoms with van der Waals surface area (Å²) in [6, 6.07) is 14.1. The largest absolute Gasteiger partial charge is 0.352 e. The zero-order valence-corrected chi connectivity index (χ0v) is 14.6. The highest BCUT2D eigenvalue weighted by molar-refractivity contribution is 6.42. The summed E-state index contributed by atoms with van der Waals surface area (Å²) < 4.78 is 0. The van der Waals surface area contributed by atoms with Crippen LogP contribution in [0.4, 0.5) is 0 Å². The highest BCUT2D eigenvalue weighted by Crippen LogP contribution is 2.39. The molecule has 2 atom stereocenters. The van der Waals surface area contributed by atoms with E-state index in [-0.39, 0.29) is 5.91 Å². The lowest BCUT2D eigenvalue weighted by Gasteiger charge is -2.18. The van der Waals surface area contributed by atoms with Gasteiger partial charge in [0.25, 0.3) is 5.91 Å². The number of likely N-dealkylation sites (tertiary alicyclic amines) is 1. The maximum Gasteiger partial charge on any atom is 0.251 e. The molecule has 5 heteroatoms. The van der Waals surface area contributed by atoms with Crippen molar-refractivity contribution in [2.75, 3.05) is 19.6 Å². The minimum Gasteiger partial charge on any atom is -0.352 e. The van der Waals surface area contributed by atoms with Crippen LogP contribution in [0.5, 0.6) is 0 Å². The lowest BCUT2D eigenvalue weighted by atomic mass is 9.87. The molecule has 2 aromatic carbocycles. The van der Waals surface area contributed by atoms with Crippen molar-refractivity contribution in [3.8, 4) is 0 Å². The zero-order valence-electron chi connectivity index (χ0n) is 13.1. The molecular weight excluding hydrogens is 343 g/mol. The van der Waals surface area contributed by atoms with Gasteiger partial charge in [0.05, 0.1) is 10.0 Å². The average Bonchev–Trinajstić information content (AvgIpc) is 2.93. The Morgan fingerprint density at radius 2 is 1.83 bits per heavy atom. The molecule has 0 aromatic heterocycles. The normalized spacial score (nSPS) is 23.3. The molecule has 3 nitrogen and oxygen atoms in total. The predicted octanol–water partition coefficient (Wildman–Crippen LogP) is 3.95. The van der Waals surface area contributed by atoms with Gasteiger partial charge in [-0.3, -0.25) is 9.69 Å². The van der Waals surface area contributed by atoms with E-state index >= 15 is 0 Å². The van der Waals surface area contributed by atoms with Crippen molar-refractivity contribution in [2.45, 2.75) is 12.5 Å². The number of carbonyl (C=O) groups excluding carboxylic acids is 1. The van der Waals surface area contributed by atoms with Gasteiger partial charge in [0.15, 0.2) is 0 Å². The fourth-order valence-corrected chi connectivity index (χ4v) is 4.21. The monoisotopic (exact) mass is 360 g/mol. The van der Waals surface area contributed by atoms with Crippen molar-refractivity contribution in [1.82, 2.24) is 10.2 Å². The van der Waals surface area contributed by atoms with Gasteiger partial charge in [0, 0.05) is 37.7 Å². The number of benzene rings is 2. The number of hydrogen-bond donors (Lipinski definition) is 1. The van der Waals surface area contributed by atoms with E-state index in [0.29, 0.717) is 34.0 Å². The molecule has 2 heterocycles. The molecule has 0 radical (unpaired) electrons. The Bertz CT molecular complexity index is 778. The summed E-state index contributed by atoms with van der Waals surface area (Å²) in [5.41, 5.74) is 3.01. The van der Waals surface area contributed by atoms with Gasteiger partial charge in [-0.25, -0.2) is 0 Å². The third-order valence-electron chi connectivity index (χ3n) is 5.03. The second-order valence-electron chi connectivity index (χ2n) is 6.61. The maximum absolute atomic E-state index is 12.3. The molecular formula is C19H18Cl2N2O. The molecule has 1 saturated heterocycles. The molecule has 0 saturated carbocycles. The minimum atomic E-state index is -0.0485. The third kappa shape index (κ3) is 2.92. The van der Waals surface area contributed by atoms with E-state index in [1.807, 2.05) is 12.1 Å². The topological polar surface area (TPSA) is 32.3 Å². The van der Waals surface area contributed by atoms with Crippen LogP contribution in [-0.2, 0) is 6.54 Å². The number of nitrogens with zero attached hydrogens (tertiary/aromatic N) is 1. The van der Waals surface area contributed by atoms with Crippen LogP contribution in [0.25, 0.3) is 0 Å². The molecule has 2 aromatic rings. The van der Waals surface area contributed by atoms with E-state index in [4.69, 9.17) is 23.2 Å². The lowest BCUT2D eigenvalue weighted by molar-refractivity contribution is 0.0951. The quantitative estimate of drug-likeness (QED) is 0.879. The Hall–Kier alpha value is -1.55. The van der Waals surface area contributed by atoms with Gasteiger partial charge in [-0.15, -0.1) is 0 Å². The SMILES string of the molecule is O=C1NC[C@H]2CN(Cc3ccccc3)CC2c2cc(Cl)c(Cl)cc21. The Morgan fingerprint density at radius 1 is 1.08 bits per heavy atom. The second-order valence-corrected chi connectivity index (χ2v) is 7.42. The molecule has 1 amide bonds. The summed E-state index contributed by atoms with van der Waals surface area (Å²) in [4.78, 5) is 14.8. The van der Waals surface area contributed by atoms with E-state index in [0.717, 1.165) is 25.2 Å². The minimum absolute atomic E-state index is 0.0485. The Morgan fingerprint density at radius 3 is 2.62 bits per heavy atom. The summed E-state index contributed by atoms with van der Waals surface area (Å²) in [6.45, 7) is 3.52. The van der Waals surface area contributed by atoms with Crippen molar-refractivity contribution in [1.29, 1.82) is 0 Å². The van der Waals surface area contributed by atoms with E-state index in [2.05, 4.69) is 34.5 Å². The van der Waals surface area contributed by atoms with Gasteiger partial charge in [0.1, 0.15) is 0 Å². The maximum atomic E-state index is 12.3. The van der Waals surface area contributed by atoms with E-state index in [9.17, 15) is 4.79 Å². The fraction of sp³-hybridized carbons (Fsp3) is 0.316. The first kappa shape index (κ1) is 15.9. The van der Waals surface area contributed by atoms with Crippen LogP contribution >= 0.6 is 23.2 Å². The number of halogens is 2. The summed E-state index contributed by atoms with van der Waals surface area (Å²) >= 11 is 12.3. The van der Waals surface area contributed by atoms with Gasteiger partial charge in [0.2, 0.25) is 0 Å². The molecule has 4 rings (SSSR count). The molecule has 124 valence electrons. The van der Waals surface area contributed by atoms with Crippen molar-refractivity contribution in [3.63, 3.8) is 0 Å². The number of nitrogens with one attached hydrogen (secondary N) is 1. The smallest absolute Gasteiger partial charge is 0.251 e. The molecule has 0 aliphatic carbocycles. The zero-order chi connectivity index (χ0) is 16.7. The summed E-state index contributed by atoms with van der Waals surface area (Å²) in [5.74, 6) is 0.654. The highest BCUT2D eigenvalue weighted by Gasteiger charge is 2.38. The highest BCUT2D eigenvalue weighted by atomic mass is 35.5. The molecule has 1 fully saturated rings.